The van der Waals surface area contributed by atoms with Crippen molar-refractivity contribution in [2.45, 2.75) is 72.3 Å². The fourth-order valence-electron chi connectivity index (χ4n) is 3.76. The van der Waals surface area contributed by atoms with Gasteiger partial charge in [-0.05, 0) is 42.7 Å². The number of hydrogen-bond acceptors (Lipinski definition) is 4. The van der Waals surface area contributed by atoms with Crippen molar-refractivity contribution in [3.05, 3.63) is 78.2 Å². The quantitative estimate of drug-likeness (QED) is 0.272. The molecule has 0 radical (unpaired) electrons. The van der Waals surface area contributed by atoms with Crippen LogP contribution in [0, 0.1) is 0 Å². The number of aryl methyl sites for hydroxylation is 1. The molecule has 1 atom stereocenters. The Hall–Kier alpha value is -3.21. The van der Waals surface area contributed by atoms with Crippen LogP contribution >= 0.6 is 0 Å². The second kappa shape index (κ2) is 12.7. The van der Waals surface area contributed by atoms with Gasteiger partial charge in [-0.25, -0.2) is 9.97 Å². The van der Waals surface area contributed by atoms with Crippen LogP contribution < -0.4 is 5.32 Å². The fourth-order valence-corrected chi connectivity index (χ4v) is 3.76. The number of aromatic nitrogens is 4. The van der Waals surface area contributed by atoms with E-state index in [1.54, 1.807) is 6.20 Å². The van der Waals surface area contributed by atoms with Crippen molar-refractivity contribution in [2.75, 3.05) is 5.32 Å². The van der Waals surface area contributed by atoms with E-state index in [9.17, 15) is 0 Å². The fraction of sp³-hybridized carbons (Fsp3) is 0.393. The topological polar surface area (TPSA) is 55.6 Å². The number of imidazole rings is 1. The number of fused-ring (bicyclic) bond motifs is 1. The highest BCUT2D eigenvalue weighted by molar-refractivity contribution is 5.77. The predicted molar refractivity (Wildman–Crippen MR) is 139 cm³/mol. The lowest BCUT2D eigenvalue weighted by atomic mass is 10.1. The van der Waals surface area contributed by atoms with Gasteiger partial charge in [0.05, 0.1) is 17.1 Å². The second-order valence-electron chi connectivity index (χ2n) is 8.41. The van der Waals surface area contributed by atoms with Gasteiger partial charge < -0.3 is 5.32 Å². The summed E-state index contributed by atoms with van der Waals surface area (Å²) in [7, 11) is 0. The minimum absolute atomic E-state index is 0.123. The Balaban J connectivity index is 0.000000454. The van der Waals surface area contributed by atoms with Gasteiger partial charge in [-0.1, -0.05) is 89.3 Å². The van der Waals surface area contributed by atoms with E-state index in [-0.39, 0.29) is 6.04 Å². The Morgan fingerprint density at radius 2 is 1.64 bits per heavy atom. The maximum Gasteiger partial charge on any atom is 0.225 e. The van der Waals surface area contributed by atoms with E-state index in [0.29, 0.717) is 5.95 Å². The largest absolute Gasteiger partial charge is 0.348 e. The highest BCUT2D eigenvalue weighted by atomic mass is 15.2. The first-order valence-electron chi connectivity index (χ1n) is 12.3. The molecule has 0 aliphatic rings. The number of nitrogens with one attached hydrogen (secondary N) is 1. The molecule has 1 N–H and O–H groups in total. The van der Waals surface area contributed by atoms with Crippen LogP contribution in [0.4, 0.5) is 5.95 Å². The maximum atomic E-state index is 4.69. The summed E-state index contributed by atoms with van der Waals surface area (Å²) in [4.78, 5) is 13.6. The Morgan fingerprint density at radius 3 is 2.33 bits per heavy atom. The standard InChI is InChI=1S/C22H23N5.C6H14/c1-3-7-17-10-11-20-19(14-17)24-15-27(20)21-12-13-23-22(26-21)25-16(2)18-8-5-4-6-9-18;1-3-5-6-4-2/h4-6,8-16H,3,7H2,1-2H3,(H,23,25,26);3-6H2,1-2H3/t16-;/m0./s1. The van der Waals surface area contributed by atoms with Gasteiger partial charge in [0.1, 0.15) is 12.1 Å². The lowest BCUT2D eigenvalue weighted by Gasteiger charge is -2.14. The van der Waals surface area contributed by atoms with E-state index in [4.69, 9.17) is 4.98 Å². The van der Waals surface area contributed by atoms with Gasteiger partial charge in [-0.15, -0.1) is 0 Å². The van der Waals surface area contributed by atoms with Crippen molar-refractivity contribution >= 4 is 17.0 Å². The molecule has 4 aromatic rings. The summed E-state index contributed by atoms with van der Waals surface area (Å²) in [6.07, 6.45) is 11.3. The number of benzene rings is 2. The molecule has 33 heavy (non-hydrogen) atoms. The first-order chi connectivity index (χ1) is 16.2. The molecule has 0 aliphatic heterocycles. The molecule has 0 saturated heterocycles. The molecule has 2 aromatic carbocycles. The average molecular weight is 444 g/mol. The summed E-state index contributed by atoms with van der Waals surface area (Å²) in [5.74, 6) is 1.41. The lowest BCUT2D eigenvalue weighted by molar-refractivity contribution is 0.702. The molecular formula is C28H37N5. The third-order valence-corrected chi connectivity index (χ3v) is 5.64. The molecule has 5 heteroatoms. The van der Waals surface area contributed by atoms with E-state index in [2.05, 4.69) is 73.3 Å². The molecule has 0 amide bonds. The molecule has 2 aromatic heterocycles. The maximum absolute atomic E-state index is 4.69. The van der Waals surface area contributed by atoms with Gasteiger partial charge in [0.2, 0.25) is 5.95 Å². The number of rotatable bonds is 9. The van der Waals surface area contributed by atoms with Gasteiger partial charge in [0.25, 0.3) is 0 Å². The molecule has 174 valence electrons. The van der Waals surface area contributed by atoms with Crippen LogP contribution in [0.5, 0.6) is 0 Å². The predicted octanol–water partition coefficient (Wildman–Crippen LogP) is 7.53. The summed E-state index contributed by atoms with van der Waals surface area (Å²) in [5, 5.41) is 3.38. The third-order valence-electron chi connectivity index (χ3n) is 5.64. The Kier molecular flexibility index (Phi) is 9.43. The summed E-state index contributed by atoms with van der Waals surface area (Å²) in [6.45, 7) is 8.76. The molecule has 5 nitrogen and oxygen atoms in total. The molecule has 0 bridgehead atoms. The number of nitrogens with zero attached hydrogens (tertiary/aromatic N) is 4. The van der Waals surface area contributed by atoms with Crippen LogP contribution in [-0.4, -0.2) is 19.5 Å². The molecule has 4 rings (SSSR count). The SMILES string of the molecule is CCCCCC.CCCc1ccc2c(c1)ncn2-c1ccnc(N[C@@H](C)c2ccccc2)n1. The van der Waals surface area contributed by atoms with Gasteiger partial charge in [-0.2, -0.15) is 4.98 Å². The first kappa shape index (κ1) is 24.4. The highest BCUT2D eigenvalue weighted by Gasteiger charge is 2.10. The molecular weight excluding hydrogens is 406 g/mol. The van der Waals surface area contributed by atoms with E-state index >= 15 is 0 Å². The van der Waals surface area contributed by atoms with Gasteiger partial charge in [0, 0.05) is 6.20 Å². The van der Waals surface area contributed by atoms with Crippen LogP contribution in [0.15, 0.2) is 67.1 Å². The van der Waals surface area contributed by atoms with Gasteiger partial charge in [0.15, 0.2) is 0 Å². The highest BCUT2D eigenvalue weighted by Crippen LogP contribution is 2.21. The zero-order chi connectivity index (χ0) is 23.5. The average Bonchev–Trinajstić information content (AvgIpc) is 3.27. The summed E-state index contributed by atoms with van der Waals surface area (Å²) in [6, 6.07) is 18.8. The molecule has 0 aliphatic carbocycles. The lowest BCUT2D eigenvalue weighted by Crippen LogP contribution is -2.10. The third kappa shape index (κ3) is 6.88. The molecule has 2 heterocycles. The van der Waals surface area contributed by atoms with Crippen LogP contribution in [0.25, 0.3) is 16.9 Å². The number of hydrogen-bond donors (Lipinski definition) is 1. The Labute approximate surface area is 198 Å². The smallest absolute Gasteiger partial charge is 0.225 e. The summed E-state index contributed by atoms with van der Waals surface area (Å²) in [5.41, 5.74) is 4.56. The summed E-state index contributed by atoms with van der Waals surface area (Å²) >= 11 is 0. The van der Waals surface area contributed by atoms with Crippen molar-refractivity contribution < 1.29 is 0 Å². The van der Waals surface area contributed by atoms with E-state index in [1.807, 2.05) is 35.2 Å². The van der Waals surface area contributed by atoms with E-state index in [0.717, 1.165) is 29.7 Å². The molecule has 0 unspecified atom stereocenters. The zero-order valence-electron chi connectivity index (χ0n) is 20.5. The summed E-state index contributed by atoms with van der Waals surface area (Å²) < 4.78 is 2.01. The molecule has 0 fully saturated rings. The Morgan fingerprint density at radius 1 is 0.879 bits per heavy atom. The van der Waals surface area contributed by atoms with Gasteiger partial charge >= 0.3 is 0 Å². The van der Waals surface area contributed by atoms with Crippen molar-refractivity contribution in [1.82, 2.24) is 19.5 Å². The molecule has 0 spiro atoms. The van der Waals surface area contributed by atoms with Crippen LogP contribution in [0.3, 0.4) is 0 Å². The Bertz CT molecular complexity index is 1100. The number of unbranched alkanes of at least 4 members (excludes halogenated alkanes) is 3. The van der Waals surface area contributed by atoms with Gasteiger partial charge in [-0.3, -0.25) is 4.57 Å². The molecule has 0 saturated carbocycles. The normalized spacial score (nSPS) is 11.6. The zero-order valence-corrected chi connectivity index (χ0v) is 20.5. The second-order valence-corrected chi connectivity index (χ2v) is 8.41. The number of anilines is 1. The van der Waals surface area contributed by atoms with Crippen molar-refractivity contribution in [1.29, 1.82) is 0 Å². The minimum atomic E-state index is 0.123. The van der Waals surface area contributed by atoms with Crippen molar-refractivity contribution in [3.8, 4) is 5.82 Å². The van der Waals surface area contributed by atoms with E-state index < -0.39 is 0 Å². The monoisotopic (exact) mass is 443 g/mol. The van der Waals surface area contributed by atoms with Crippen LogP contribution in [0.2, 0.25) is 0 Å². The van der Waals surface area contributed by atoms with Crippen LogP contribution in [-0.2, 0) is 6.42 Å². The van der Waals surface area contributed by atoms with Crippen molar-refractivity contribution in [2.24, 2.45) is 0 Å². The van der Waals surface area contributed by atoms with Crippen LogP contribution in [0.1, 0.15) is 77.0 Å². The minimum Gasteiger partial charge on any atom is -0.348 e. The van der Waals surface area contributed by atoms with Crippen molar-refractivity contribution in [3.63, 3.8) is 0 Å². The van der Waals surface area contributed by atoms with E-state index in [1.165, 1.54) is 36.8 Å². The first-order valence-corrected chi connectivity index (χ1v) is 12.3.